The van der Waals surface area contributed by atoms with Gasteiger partial charge in [-0.15, -0.1) is 0 Å². The molecule has 5 heteroatoms. The third-order valence-corrected chi connectivity index (χ3v) is 5.89. The molecule has 1 aromatic rings. The van der Waals surface area contributed by atoms with Crippen molar-refractivity contribution in [3.63, 3.8) is 0 Å². The van der Waals surface area contributed by atoms with Crippen molar-refractivity contribution in [3.8, 4) is 0 Å². The van der Waals surface area contributed by atoms with Crippen molar-refractivity contribution in [2.75, 3.05) is 20.1 Å². The smallest absolute Gasteiger partial charge is 0.243 e. The van der Waals surface area contributed by atoms with Crippen molar-refractivity contribution < 1.29 is 8.42 Å². The van der Waals surface area contributed by atoms with Gasteiger partial charge in [-0.3, -0.25) is 0 Å². The van der Waals surface area contributed by atoms with Crippen LogP contribution in [0.5, 0.6) is 0 Å². The number of sulfonamides is 1. The molecule has 0 amide bonds. The normalized spacial score (nSPS) is 20.3. The Bertz CT molecular complexity index is 563. The van der Waals surface area contributed by atoms with Crippen molar-refractivity contribution in [1.29, 1.82) is 0 Å². The summed E-state index contributed by atoms with van der Waals surface area (Å²) < 4.78 is 26.8. The van der Waals surface area contributed by atoms with Crippen LogP contribution in [0.1, 0.15) is 30.4 Å². The maximum Gasteiger partial charge on any atom is 0.243 e. The summed E-state index contributed by atoms with van der Waals surface area (Å²) in [5.74, 6) is 0. The van der Waals surface area contributed by atoms with Crippen LogP contribution < -0.4 is 5.32 Å². The summed E-state index contributed by atoms with van der Waals surface area (Å²) in [6.07, 6.45) is 3.41. The second kappa shape index (κ2) is 6.24. The predicted octanol–water partition coefficient (Wildman–Crippen LogP) is 2.07. The minimum atomic E-state index is -3.39. The molecule has 0 radical (unpaired) electrons. The Morgan fingerprint density at radius 1 is 1.30 bits per heavy atom. The molecule has 1 N–H and O–H groups in total. The molecule has 1 unspecified atom stereocenters. The zero-order valence-corrected chi connectivity index (χ0v) is 13.3. The summed E-state index contributed by atoms with van der Waals surface area (Å²) in [6, 6.07) is 5.76. The van der Waals surface area contributed by atoms with E-state index in [4.69, 9.17) is 0 Å². The van der Waals surface area contributed by atoms with Gasteiger partial charge in [0.15, 0.2) is 0 Å². The summed E-state index contributed by atoms with van der Waals surface area (Å²) in [7, 11) is -1.72. The van der Waals surface area contributed by atoms with E-state index in [1.54, 1.807) is 13.1 Å². The standard InChI is InChI=1S/C15H24N2O2S/c1-12-7-8-15(13(2)10-12)20(18,19)17(3)11-14-6-4-5-9-16-14/h7-8,10,14,16H,4-6,9,11H2,1-3H3. The first-order chi connectivity index (χ1) is 9.41. The number of likely N-dealkylation sites (N-methyl/N-ethyl adjacent to an activating group) is 1. The zero-order chi connectivity index (χ0) is 14.8. The van der Waals surface area contributed by atoms with E-state index < -0.39 is 10.0 Å². The van der Waals surface area contributed by atoms with E-state index >= 15 is 0 Å². The summed E-state index contributed by atoms with van der Waals surface area (Å²) in [5.41, 5.74) is 1.89. The number of nitrogens with one attached hydrogen (secondary N) is 1. The lowest BCUT2D eigenvalue weighted by molar-refractivity contribution is 0.337. The number of hydrogen-bond acceptors (Lipinski definition) is 3. The number of nitrogens with zero attached hydrogens (tertiary/aromatic N) is 1. The molecule has 1 aromatic carbocycles. The molecular formula is C15H24N2O2S. The van der Waals surface area contributed by atoms with Gasteiger partial charge in [-0.25, -0.2) is 8.42 Å². The number of benzene rings is 1. The SMILES string of the molecule is Cc1ccc(S(=O)(=O)N(C)CC2CCCCN2)c(C)c1. The Morgan fingerprint density at radius 3 is 2.65 bits per heavy atom. The highest BCUT2D eigenvalue weighted by molar-refractivity contribution is 7.89. The van der Waals surface area contributed by atoms with Crippen LogP contribution in [0.3, 0.4) is 0 Å². The molecule has 20 heavy (non-hydrogen) atoms. The molecule has 4 nitrogen and oxygen atoms in total. The Labute approximate surface area is 122 Å². The van der Waals surface area contributed by atoms with Gasteiger partial charge in [0.25, 0.3) is 0 Å². The van der Waals surface area contributed by atoms with E-state index in [9.17, 15) is 8.42 Å². The van der Waals surface area contributed by atoms with E-state index in [-0.39, 0.29) is 6.04 Å². The van der Waals surface area contributed by atoms with Crippen LogP contribution >= 0.6 is 0 Å². The average molecular weight is 296 g/mol. The summed E-state index contributed by atoms with van der Waals surface area (Å²) >= 11 is 0. The number of piperidine rings is 1. The number of rotatable bonds is 4. The highest BCUT2D eigenvalue weighted by atomic mass is 32.2. The lowest BCUT2D eigenvalue weighted by atomic mass is 10.1. The van der Waals surface area contributed by atoms with Crippen LogP contribution in [-0.2, 0) is 10.0 Å². The fourth-order valence-electron chi connectivity index (χ4n) is 2.74. The van der Waals surface area contributed by atoms with Gasteiger partial charge in [-0.05, 0) is 44.9 Å². The molecule has 1 heterocycles. The van der Waals surface area contributed by atoms with Gasteiger partial charge in [0.05, 0.1) is 4.90 Å². The van der Waals surface area contributed by atoms with Crippen LogP contribution in [0.15, 0.2) is 23.1 Å². The van der Waals surface area contributed by atoms with Gasteiger partial charge < -0.3 is 5.32 Å². The number of hydrogen-bond donors (Lipinski definition) is 1. The van der Waals surface area contributed by atoms with Crippen LogP contribution in [0, 0.1) is 13.8 Å². The minimum Gasteiger partial charge on any atom is -0.313 e. The largest absolute Gasteiger partial charge is 0.313 e. The van der Waals surface area contributed by atoms with Crippen molar-refractivity contribution in [1.82, 2.24) is 9.62 Å². The average Bonchev–Trinajstić information content (AvgIpc) is 2.39. The Morgan fingerprint density at radius 2 is 2.05 bits per heavy atom. The molecule has 0 aromatic heterocycles. The zero-order valence-electron chi connectivity index (χ0n) is 12.5. The monoisotopic (exact) mass is 296 g/mol. The van der Waals surface area contributed by atoms with E-state index in [1.807, 2.05) is 26.0 Å². The van der Waals surface area contributed by atoms with Crippen LogP contribution in [0.4, 0.5) is 0 Å². The maximum atomic E-state index is 12.6. The molecule has 1 fully saturated rings. The molecule has 1 atom stereocenters. The Balaban J connectivity index is 2.16. The molecule has 1 saturated heterocycles. The van der Waals surface area contributed by atoms with Gasteiger partial charge in [-0.2, -0.15) is 4.31 Å². The highest BCUT2D eigenvalue weighted by Gasteiger charge is 2.25. The first-order valence-corrected chi connectivity index (χ1v) is 8.62. The molecule has 0 spiro atoms. The molecule has 0 saturated carbocycles. The summed E-state index contributed by atoms with van der Waals surface area (Å²) in [5, 5.41) is 3.39. The molecule has 0 bridgehead atoms. The first kappa shape index (κ1) is 15.5. The van der Waals surface area contributed by atoms with Crippen molar-refractivity contribution >= 4 is 10.0 Å². The van der Waals surface area contributed by atoms with Gasteiger partial charge in [-0.1, -0.05) is 24.1 Å². The first-order valence-electron chi connectivity index (χ1n) is 7.18. The van der Waals surface area contributed by atoms with Crippen molar-refractivity contribution in [2.45, 2.75) is 44.0 Å². The van der Waals surface area contributed by atoms with Gasteiger partial charge in [0, 0.05) is 19.6 Å². The maximum absolute atomic E-state index is 12.6. The molecule has 1 aliphatic heterocycles. The van der Waals surface area contributed by atoms with Crippen LogP contribution in [0.2, 0.25) is 0 Å². The van der Waals surface area contributed by atoms with Crippen LogP contribution in [-0.4, -0.2) is 38.9 Å². The summed E-state index contributed by atoms with van der Waals surface area (Å²) in [6.45, 7) is 5.35. The van der Waals surface area contributed by atoms with Gasteiger partial charge >= 0.3 is 0 Å². The second-order valence-electron chi connectivity index (χ2n) is 5.70. The van der Waals surface area contributed by atoms with Gasteiger partial charge in [0.2, 0.25) is 10.0 Å². The molecule has 0 aliphatic carbocycles. The Kier molecular flexibility index (Phi) is 4.83. The van der Waals surface area contributed by atoms with E-state index in [0.29, 0.717) is 11.4 Å². The number of aryl methyl sites for hydroxylation is 2. The summed E-state index contributed by atoms with van der Waals surface area (Å²) in [4.78, 5) is 0.418. The van der Waals surface area contributed by atoms with Gasteiger partial charge in [0.1, 0.15) is 0 Å². The Hall–Kier alpha value is -0.910. The van der Waals surface area contributed by atoms with E-state index in [0.717, 1.165) is 24.1 Å². The topological polar surface area (TPSA) is 49.4 Å². The molecular weight excluding hydrogens is 272 g/mol. The van der Waals surface area contributed by atoms with Crippen molar-refractivity contribution in [3.05, 3.63) is 29.3 Å². The quantitative estimate of drug-likeness (QED) is 0.925. The van der Waals surface area contributed by atoms with E-state index in [2.05, 4.69) is 5.32 Å². The molecule has 1 aliphatic rings. The van der Waals surface area contributed by atoms with E-state index in [1.165, 1.54) is 17.1 Å². The third kappa shape index (κ3) is 3.40. The molecule has 2 rings (SSSR count). The lowest BCUT2D eigenvalue weighted by Gasteiger charge is -2.28. The van der Waals surface area contributed by atoms with Crippen molar-refractivity contribution in [2.24, 2.45) is 0 Å². The van der Waals surface area contributed by atoms with Crippen LogP contribution in [0.25, 0.3) is 0 Å². The highest BCUT2D eigenvalue weighted by Crippen LogP contribution is 2.21. The lowest BCUT2D eigenvalue weighted by Crippen LogP contribution is -2.44. The fraction of sp³-hybridized carbons (Fsp3) is 0.600. The fourth-order valence-corrected chi connectivity index (χ4v) is 4.16. The second-order valence-corrected chi connectivity index (χ2v) is 7.71. The molecule has 112 valence electrons. The minimum absolute atomic E-state index is 0.272. The third-order valence-electron chi connectivity index (χ3n) is 3.91. The predicted molar refractivity (Wildman–Crippen MR) is 81.4 cm³/mol.